The Bertz CT molecular complexity index is 839. The molecule has 0 aliphatic carbocycles. The van der Waals surface area contributed by atoms with Gasteiger partial charge in [-0.05, 0) is 31.2 Å². The second kappa shape index (κ2) is 6.00. The molecule has 116 valence electrons. The van der Waals surface area contributed by atoms with E-state index < -0.39 is 23.2 Å². The normalized spacial score (nSPS) is 10.6. The molecule has 0 radical (unpaired) electrons. The van der Waals surface area contributed by atoms with Crippen molar-refractivity contribution in [1.82, 2.24) is 9.78 Å². The van der Waals surface area contributed by atoms with E-state index in [1.807, 2.05) is 30.3 Å². The summed E-state index contributed by atoms with van der Waals surface area (Å²) in [5, 5.41) is 6.42. The van der Waals surface area contributed by atoms with E-state index in [1.54, 1.807) is 11.6 Å². The second-order valence-corrected chi connectivity index (χ2v) is 4.94. The quantitative estimate of drug-likeness (QED) is 0.801. The van der Waals surface area contributed by atoms with Crippen LogP contribution in [0.3, 0.4) is 0 Å². The van der Waals surface area contributed by atoms with E-state index in [1.165, 1.54) is 12.3 Å². The largest absolute Gasteiger partial charge is 0.317 e. The van der Waals surface area contributed by atoms with Crippen LogP contribution in [0.5, 0.6) is 0 Å². The highest BCUT2D eigenvalue weighted by atomic mass is 19.1. The summed E-state index contributed by atoms with van der Waals surface area (Å²) in [5.74, 6) is -2.27. The number of carbonyl (C=O) groups is 1. The van der Waals surface area contributed by atoms with Gasteiger partial charge in [-0.2, -0.15) is 5.10 Å². The van der Waals surface area contributed by atoms with E-state index in [0.717, 1.165) is 17.8 Å². The minimum Gasteiger partial charge on any atom is -0.317 e. The van der Waals surface area contributed by atoms with E-state index >= 15 is 0 Å². The van der Waals surface area contributed by atoms with Gasteiger partial charge in [0.25, 0.3) is 5.91 Å². The van der Waals surface area contributed by atoms with Crippen LogP contribution in [0.25, 0.3) is 5.69 Å². The molecule has 0 atom stereocenters. The Balaban J connectivity index is 1.91. The number of nitrogens with one attached hydrogen (secondary N) is 1. The molecule has 6 heteroatoms. The number of rotatable bonds is 3. The summed E-state index contributed by atoms with van der Waals surface area (Å²) in [4.78, 5) is 12.3. The van der Waals surface area contributed by atoms with Crippen LogP contribution in [0.1, 0.15) is 16.1 Å². The smallest absolute Gasteiger partial charge is 0.259 e. The van der Waals surface area contributed by atoms with Gasteiger partial charge in [-0.3, -0.25) is 4.79 Å². The third-order valence-electron chi connectivity index (χ3n) is 3.46. The van der Waals surface area contributed by atoms with Crippen LogP contribution < -0.4 is 5.32 Å². The Morgan fingerprint density at radius 2 is 1.70 bits per heavy atom. The van der Waals surface area contributed by atoms with Crippen molar-refractivity contribution in [2.24, 2.45) is 0 Å². The van der Waals surface area contributed by atoms with Gasteiger partial charge >= 0.3 is 0 Å². The average Bonchev–Trinajstić information content (AvgIpc) is 2.93. The highest BCUT2D eigenvalue weighted by molar-refractivity contribution is 6.05. The molecular weight excluding hydrogens is 300 g/mol. The van der Waals surface area contributed by atoms with Crippen molar-refractivity contribution >= 4 is 11.6 Å². The second-order valence-electron chi connectivity index (χ2n) is 4.94. The van der Waals surface area contributed by atoms with Crippen LogP contribution in [0.2, 0.25) is 0 Å². The lowest BCUT2D eigenvalue weighted by atomic mass is 10.2. The van der Waals surface area contributed by atoms with Gasteiger partial charge < -0.3 is 5.32 Å². The molecule has 1 amide bonds. The molecular formula is C17H13F2N3O. The summed E-state index contributed by atoms with van der Waals surface area (Å²) in [6.07, 6.45) is 1.37. The van der Waals surface area contributed by atoms with Crippen LogP contribution in [-0.2, 0) is 0 Å². The SMILES string of the molecule is Cc1c(C(=O)Nc2c(F)cccc2F)cnn1-c1ccccc1. The lowest BCUT2D eigenvalue weighted by Gasteiger charge is -2.08. The topological polar surface area (TPSA) is 46.9 Å². The van der Waals surface area contributed by atoms with Crippen LogP contribution >= 0.6 is 0 Å². The third-order valence-corrected chi connectivity index (χ3v) is 3.46. The minimum absolute atomic E-state index is 0.247. The Labute approximate surface area is 131 Å². The van der Waals surface area contributed by atoms with Crippen molar-refractivity contribution < 1.29 is 13.6 Å². The molecule has 23 heavy (non-hydrogen) atoms. The Kier molecular flexibility index (Phi) is 3.89. The Morgan fingerprint density at radius 1 is 1.04 bits per heavy atom. The summed E-state index contributed by atoms with van der Waals surface area (Å²) in [6, 6.07) is 12.7. The van der Waals surface area contributed by atoms with Crippen molar-refractivity contribution in [3.8, 4) is 5.69 Å². The maximum Gasteiger partial charge on any atom is 0.259 e. The highest BCUT2D eigenvalue weighted by Gasteiger charge is 2.18. The van der Waals surface area contributed by atoms with Gasteiger partial charge in [-0.15, -0.1) is 0 Å². The number of hydrogen-bond donors (Lipinski definition) is 1. The first-order valence-electron chi connectivity index (χ1n) is 6.93. The number of nitrogens with zero attached hydrogens (tertiary/aromatic N) is 2. The lowest BCUT2D eigenvalue weighted by Crippen LogP contribution is -2.15. The van der Waals surface area contributed by atoms with Gasteiger partial charge in [-0.1, -0.05) is 24.3 Å². The maximum absolute atomic E-state index is 13.6. The van der Waals surface area contributed by atoms with Gasteiger partial charge in [-0.25, -0.2) is 13.5 Å². The molecule has 3 aromatic rings. The number of hydrogen-bond acceptors (Lipinski definition) is 2. The number of amides is 1. The fourth-order valence-electron chi connectivity index (χ4n) is 2.26. The zero-order valence-corrected chi connectivity index (χ0v) is 12.3. The van der Waals surface area contributed by atoms with Gasteiger partial charge in [0.2, 0.25) is 0 Å². The molecule has 0 saturated heterocycles. The van der Waals surface area contributed by atoms with Crippen molar-refractivity contribution in [2.75, 3.05) is 5.32 Å². The van der Waals surface area contributed by atoms with Crippen LogP contribution in [0.15, 0.2) is 54.7 Å². The first-order chi connectivity index (χ1) is 11.1. The van der Waals surface area contributed by atoms with Crippen molar-refractivity contribution in [3.63, 3.8) is 0 Å². The third kappa shape index (κ3) is 2.83. The molecule has 1 heterocycles. The zero-order chi connectivity index (χ0) is 16.4. The molecule has 4 nitrogen and oxygen atoms in total. The van der Waals surface area contributed by atoms with Gasteiger partial charge in [0.15, 0.2) is 0 Å². The zero-order valence-electron chi connectivity index (χ0n) is 12.3. The first kappa shape index (κ1) is 14.9. The maximum atomic E-state index is 13.6. The van der Waals surface area contributed by atoms with Crippen LogP contribution in [0.4, 0.5) is 14.5 Å². The molecule has 0 spiro atoms. The van der Waals surface area contributed by atoms with Gasteiger partial charge in [0.05, 0.1) is 23.1 Å². The Hall–Kier alpha value is -3.02. The average molecular weight is 313 g/mol. The number of aromatic nitrogens is 2. The number of carbonyl (C=O) groups excluding carboxylic acids is 1. The van der Waals surface area contributed by atoms with E-state index in [4.69, 9.17) is 0 Å². The van der Waals surface area contributed by atoms with Crippen molar-refractivity contribution in [1.29, 1.82) is 0 Å². The number of halogens is 2. The molecule has 0 unspecified atom stereocenters. The monoisotopic (exact) mass is 313 g/mol. The fourth-order valence-corrected chi connectivity index (χ4v) is 2.26. The summed E-state index contributed by atoms with van der Waals surface area (Å²) < 4.78 is 28.8. The van der Waals surface area contributed by atoms with Crippen LogP contribution in [0, 0.1) is 18.6 Å². The van der Waals surface area contributed by atoms with Crippen molar-refractivity contribution in [3.05, 3.63) is 77.6 Å². The molecule has 1 N–H and O–H groups in total. The van der Waals surface area contributed by atoms with E-state index in [2.05, 4.69) is 10.4 Å². The van der Waals surface area contributed by atoms with Crippen molar-refractivity contribution in [2.45, 2.75) is 6.92 Å². The summed E-state index contributed by atoms with van der Waals surface area (Å²) in [5.41, 5.74) is 1.15. The summed E-state index contributed by atoms with van der Waals surface area (Å²) in [7, 11) is 0. The number of anilines is 1. The molecule has 0 bridgehead atoms. The first-order valence-corrected chi connectivity index (χ1v) is 6.93. The summed E-state index contributed by atoms with van der Waals surface area (Å²) in [6.45, 7) is 1.71. The molecule has 2 aromatic carbocycles. The van der Waals surface area contributed by atoms with E-state index in [0.29, 0.717) is 5.69 Å². The van der Waals surface area contributed by atoms with Gasteiger partial charge in [0, 0.05) is 0 Å². The molecule has 0 saturated carbocycles. The van der Waals surface area contributed by atoms with E-state index in [9.17, 15) is 13.6 Å². The minimum atomic E-state index is -0.827. The predicted octanol–water partition coefficient (Wildman–Crippen LogP) is 3.71. The number of para-hydroxylation sites is 2. The molecule has 1 aromatic heterocycles. The molecule has 0 fully saturated rings. The lowest BCUT2D eigenvalue weighted by molar-refractivity contribution is 0.102. The summed E-state index contributed by atoms with van der Waals surface area (Å²) >= 11 is 0. The molecule has 0 aliphatic heterocycles. The fraction of sp³-hybridized carbons (Fsp3) is 0.0588. The highest BCUT2D eigenvalue weighted by Crippen LogP contribution is 2.20. The Morgan fingerprint density at radius 3 is 2.35 bits per heavy atom. The molecule has 3 rings (SSSR count). The predicted molar refractivity (Wildman–Crippen MR) is 82.6 cm³/mol. The van der Waals surface area contributed by atoms with E-state index in [-0.39, 0.29) is 5.56 Å². The standard InChI is InChI=1S/C17H13F2N3O/c1-11-13(10-20-22(11)12-6-3-2-4-7-12)17(23)21-16-14(18)8-5-9-15(16)19/h2-10H,1H3,(H,21,23). The van der Waals surface area contributed by atoms with Crippen LogP contribution in [-0.4, -0.2) is 15.7 Å². The van der Waals surface area contributed by atoms with Gasteiger partial charge in [0.1, 0.15) is 17.3 Å². The molecule has 0 aliphatic rings. The number of benzene rings is 2.